The van der Waals surface area contributed by atoms with Gasteiger partial charge in [-0.2, -0.15) is 0 Å². The fourth-order valence-corrected chi connectivity index (χ4v) is 4.82. The molecule has 196 valence electrons. The summed E-state index contributed by atoms with van der Waals surface area (Å²) in [6.07, 6.45) is 4.24. The van der Waals surface area contributed by atoms with Crippen LogP contribution < -0.4 is 14.8 Å². The fourth-order valence-electron chi connectivity index (χ4n) is 4.36. The van der Waals surface area contributed by atoms with Gasteiger partial charge in [0.1, 0.15) is 11.5 Å². The predicted molar refractivity (Wildman–Crippen MR) is 142 cm³/mol. The minimum absolute atomic E-state index is 0.167. The molecule has 3 rings (SSSR count). The number of carboxylic acids is 1. The van der Waals surface area contributed by atoms with E-state index in [1.165, 1.54) is 13.8 Å². The highest BCUT2D eigenvalue weighted by Gasteiger charge is 2.30. The van der Waals surface area contributed by atoms with Gasteiger partial charge in [-0.05, 0) is 69.7 Å². The van der Waals surface area contributed by atoms with Gasteiger partial charge in [-0.1, -0.05) is 36.2 Å². The highest BCUT2D eigenvalue weighted by Crippen LogP contribution is 2.32. The average molecular weight is 537 g/mol. The number of halogens is 2. The number of carbonyl (C=O) groups is 2. The van der Waals surface area contributed by atoms with Crippen LogP contribution in [0.3, 0.4) is 0 Å². The molecular weight excluding hydrogens is 503 g/mol. The predicted octanol–water partition coefficient (Wildman–Crippen LogP) is 6.26. The molecule has 2 aromatic carbocycles. The Morgan fingerprint density at radius 2 is 1.81 bits per heavy atom. The van der Waals surface area contributed by atoms with Gasteiger partial charge in [0.15, 0.2) is 5.60 Å². The normalized spacial score (nSPS) is 18.1. The van der Waals surface area contributed by atoms with Gasteiger partial charge in [-0.15, -0.1) is 0 Å². The van der Waals surface area contributed by atoms with Gasteiger partial charge in [0.25, 0.3) is 0 Å². The molecule has 7 nitrogen and oxygen atoms in total. The summed E-state index contributed by atoms with van der Waals surface area (Å²) >= 11 is 12.2. The number of aliphatic carboxylic acids is 1. The van der Waals surface area contributed by atoms with E-state index in [1.54, 1.807) is 37.4 Å². The van der Waals surface area contributed by atoms with Crippen molar-refractivity contribution in [3.63, 3.8) is 0 Å². The number of carbonyl (C=O) groups excluding carboxylic acids is 1. The van der Waals surface area contributed by atoms with Gasteiger partial charge in [0, 0.05) is 29.2 Å². The van der Waals surface area contributed by atoms with E-state index in [4.69, 9.17) is 32.7 Å². The van der Waals surface area contributed by atoms with Crippen LogP contribution in [-0.4, -0.2) is 47.2 Å². The lowest BCUT2D eigenvalue weighted by atomic mass is 9.86. The minimum Gasteiger partial charge on any atom is -0.496 e. The monoisotopic (exact) mass is 536 g/mol. The molecular formula is C27H34Cl2N2O5. The SMILES string of the molecule is COc1cc(OC(C)(C)C(=O)O)ccc1CN(CC(=O)Nc1ccc(Cl)cc1Cl)C1CCC(C)CC1. The Balaban J connectivity index is 1.79. The molecule has 0 unspecified atom stereocenters. The van der Waals surface area contributed by atoms with Crippen molar-refractivity contribution < 1.29 is 24.2 Å². The van der Waals surface area contributed by atoms with Crippen LogP contribution in [0.1, 0.15) is 52.0 Å². The van der Waals surface area contributed by atoms with Crippen LogP contribution in [-0.2, 0) is 16.1 Å². The van der Waals surface area contributed by atoms with Crippen molar-refractivity contribution >= 4 is 40.8 Å². The molecule has 36 heavy (non-hydrogen) atoms. The van der Waals surface area contributed by atoms with E-state index in [2.05, 4.69) is 17.1 Å². The van der Waals surface area contributed by atoms with E-state index in [1.807, 2.05) is 6.07 Å². The molecule has 2 N–H and O–H groups in total. The molecule has 2 aromatic rings. The van der Waals surface area contributed by atoms with Crippen molar-refractivity contribution in [2.24, 2.45) is 5.92 Å². The first-order valence-electron chi connectivity index (χ1n) is 12.1. The molecule has 0 aliphatic heterocycles. The number of hydrogen-bond acceptors (Lipinski definition) is 5. The third kappa shape index (κ3) is 7.51. The van der Waals surface area contributed by atoms with E-state index in [0.717, 1.165) is 31.2 Å². The van der Waals surface area contributed by atoms with Crippen molar-refractivity contribution in [3.8, 4) is 11.5 Å². The Labute approximate surface area is 222 Å². The molecule has 0 aromatic heterocycles. The summed E-state index contributed by atoms with van der Waals surface area (Å²) < 4.78 is 11.3. The number of carboxylic acid groups (broad SMARTS) is 1. The van der Waals surface area contributed by atoms with Gasteiger partial charge in [-0.3, -0.25) is 9.69 Å². The maximum absolute atomic E-state index is 13.0. The first-order valence-corrected chi connectivity index (χ1v) is 12.8. The zero-order valence-electron chi connectivity index (χ0n) is 21.1. The Hall–Kier alpha value is -2.48. The van der Waals surface area contributed by atoms with Crippen LogP contribution >= 0.6 is 23.2 Å². The zero-order chi connectivity index (χ0) is 26.5. The second kappa shape index (κ2) is 12.2. The smallest absolute Gasteiger partial charge is 0.347 e. The van der Waals surface area contributed by atoms with E-state index in [9.17, 15) is 14.7 Å². The molecule has 1 aliphatic carbocycles. The van der Waals surface area contributed by atoms with Gasteiger partial charge in [-0.25, -0.2) is 4.79 Å². The number of methoxy groups -OCH3 is 1. The second-order valence-corrected chi connectivity index (χ2v) is 10.7. The first-order chi connectivity index (χ1) is 17.0. The van der Waals surface area contributed by atoms with Crippen molar-refractivity contribution in [2.45, 2.75) is 64.6 Å². The van der Waals surface area contributed by atoms with Gasteiger partial charge >= 0.3 is 5.97 Å². The highest BCUT2D eigenvalue weighted by molar-refractivity contribution is 6.36. The molecule has 0 atom stereocenters. The van der Waals surface area contributed by atoms with Gasteiger partial charge < -0.3 is 19.9 Å². The fraction of sp³-hybridized carbons (Fsp3) is 0.481. The maximum atomic E-state index is 13.0. The zero-order valence-corrected chi connectivity index (χ0v) is 22.7. The summed E-state index contributed by atoms with van der Waals surface area (Å²) in [6, 6.07) is 10.5. The lowest BCUT2D eigenvalue weighted by Gasteiger charge is -2.36. The molecule has 0 radical (unpaired) electrons. The molecule has 1 amide bonds. The van der Waals surface area contributed by atoms with E-state index in [0.29, 0.717) is 39.7 Å². The standard InChI is InChI=1S/C27H34Cl2N2O5/c1-17-5-9-20(10-6-17)31(16-25(32)30-23-12-8-19(28)13-22(23)29)15-18-7-11-21(14-24(18)35-4)36-27(2,3)26(33)34/h7-8,11-14,17,20H,5-6,9-10,15-16H2,1-4H3,(H,30,32)(H,33,34). The van der Waals surface area contributed by atoms with Gasteiger partial charge in [0.05, 0.1) is 24.4 Å². The van der Waals surface area contributed by atoms with E-state index < -0.39 is 11.6 Å². The third-order valence-electron chi connectivity index (χ3n) is 6.57. The summed E-state index contributed by atoms with van der Waals surface area (Å²) in [5.41, 5.74) is 0.0237. The molecule has 9 heteroatoms. The quantitative estimate of drug-likeness (QED) is 0.372. The van der Waals surface area contributed by atoms with Crippen molar-refractivity contribution in [1.82, 2.24) is 4.90 Å². The largest absolute Gasteiger partial charge is 0.496 e. The first kappa shape index (κ1) is 28.1. The molecule has 0 spiro atoms. The van der Waals surface area contributed by atoms with E-state index >= 15 is 0 Å². The Bertz CT molecular complexity index is 1080. The van der Waals surface area contributed by atoms with Crippen LogP contribution in [0.2, 0.25) is 10.0 Å². The van der Waals surface area contributed by atoms with Crippen LogP contribution in [0.15, 0.2) is 36.4 Å². The Morgan fingerprint density at radius 1 is 1.11 bits per heavy atom. The molecule has 0 saturated heterocycles. The summed E-state index contributed by atoms with van der Waals surface area (Å²) in [4.78, 5) is 26.7. The summed E-state index contributed by atoms with van der Waals surface area (Å²) in [5.74, 6) is 0.420. The lowest BCUT2D eigenvalue weighted by molar-refractivity contribution is -0.152. The minimum atomic E-state index is -1.38. The summed E-state index contributed by atoms with van der Waals surface area (Å²) in [7, 11) is 1.56. The number of nitrogens with one attached hydrogen (secondary N) is 1. The number of amides is 1. The topological polar surface area (TPSA) is 88.1 Å². The molecule has 0 bridgehead atoms. The lowest BCUT2D eigenvalue weighted by Crippen LogP contribution is -2.42. The van der Waals surface area contributed by atoms with Crippen molar-refractivity contribution in [2.75, 3.05) is 19.0 Å². The number of rotatable bonds is 10. The second-order valence-electron chi connectivity index (χ2n) is 9.88. The van der Waals surface area contributed by atoms with Crippen LogP contribution in [0.5, 0.6) is 11.5 Å². The number of benzene rings is 2. The number of anilines is 1. The van der Waals surface area contributed by atoms with Gasteiger partial charge in [0.2, 0.25) is 5.91 Å². The van der Waals surface area contributed by atoms with E-state index in [-0.39, 0.29) is 18.5 Å². The summed E-state index contributed by atoms with van der Waals surface area (Å²) in [6.45, 7) is 5.92. The molecule has 0 heterocycles. The average Bonchev–Trinajstić information content (AvgIpc) is 2.81. The number of nitrogens with zero attached hydrogens (tertiary/aromatic N) is 1. The molecule has 1 fully saturated rings. The van der Waals surface area contributed by atoms with Crippen molar-refractivity contribution in [1.29, 1.82) is 0 Å². The molecule has 1 saturated carbocycles. The third-order valence-corrected chi connectivity index (χ3v) is 7.12. The number of hydrogen-bond donors (Lipinski definition) is 2. The Kier molecular flexibility index (Phi) is 9.50. The number of ether oxygens (including phenoxy) is 2. The van der Waals surface area contributed by atoms with Crippen LogP contribution in [0.25, 0.3) is 0 Å². The molecule has 1 aliphatic rings. The van der Waals surface area contributed by atoms with Crippen LogP contribution in [0.4, 0.5) is 5.69 Å². The summed E-state index contributed by atoms with van der Waals surface area (Å²) in [5, 5.41) is 13.2. The maximum Gasteiger partial charge on any atom is 0.347 e. The van der Waals surface area contributed by atoms with Crippen molar-refractivity contribution in [3.05, 3.63) is 52.0 Å². The van der Waals surface area contributed by atoms with Crippen LogP contribution in [0, 0.1) is 5.92 Å². The highest BCUT2D eigenvalue weighted by atomic mass is 35.5. The Morgan fingerprint density at radius 3 is 2.42 bits per heavy atom.